The Morgan fingerprint density at radius 2 is 1.76 bits per heavy atom. The first-order valence-corrected chi connectivity index (χ1v) is 6.34. The SMILES string of the molecule is NC(=O)c1c(F)cccc1OCC(=O)Cc1ccccc1. The van der Waals surface area contributed by atoms with Gasteiger partial charge in [0.15, 0.2) is 5.78 Å². The fraction of sp³-hybridized carbons (Fsp3) is 0.125. The number of amides is 1. The highest BCUT2D eigenvalue weighted by molar-refractivity contribution is 5.96. The Bertz CT molecular complexity index is 656. The molecular formula is C16H14FNO3. The predicted octanol–water partition coefficient (Wildman–Crippen LogP) is 2.12. The molecule has 0 saturated heterocycles. The molecule has 4 nitrogen and oxygen atoms in total. The number of hydrogen-bond acceptors (Lipinski definition) is 3. The lowest BCUT2D eigenvalue weighted by molar-refractivity contribution is -0.120. The van der Waals surface area contributed by atoms with Crippen molar-refractivity contribution in [3.8, 4) is 5.75 Å². The summed E-state index contributed by atoms with van der Waals surface area (Å²) < 4.78 is 18.7. The van der Waals surface area contributed by atoms with Gasteiger partial charge in [-0.3, -0.25) is 9.59 Å². The molecule has 0 aliphatic rings. The van der Waals surface area contributed by atoms with Crippen molar-refractivity contribution in [2.75, 3.05) is 6.61 Å². The zero-order chi connectivity index (χ0) is 15.2. The molecule has 0 radical (unpaired) electrons. The lowest BCUT2D eigenvalue weighted by Crippen LogP contribution is -2.18. The van der Waals surface area contributed by atoms with Crippen LogP contribution in [-0.2, 0) is 11.2 Å². The summed E-state index contributed by atoms with van der Waals surface area (Å²) in [5.41, 5.74) is 5.62. The fourth-order valence-corrected chi connectivity index (χ4v) is 1.90. The van der Waals surface area contributed by atoms with Gasteiger partial charge >= 0.3 is 0 Å². The summed E-state index contributed by atoms with van der Waals surface area (Å²) in [6.07, 6.45) is 0.210. The fourth-order valence-electron chi connectivity index (χ4n) is 1.90. The maximum atomic E-state index is 13.5. The molecule has 2 N–H and O–H groups in total. The molecule has 2 rings (SSSR count). The van der Waals surface area contributed by atoms with E-state index >= 15 is 0 Å². The maximum absolute atomic E-state index is 13.5. The monoisotopic (exact) mass is 287 g/mol. The second-order valence-corrected chi connectivity index (χ2v) is 4.47. The van der Waals surface area contributed by atoms with E-state index in [-0.39, 0.29) is 30.1 Å². The van der Waals surface area contributed by atoms with Crippen molar-refractivity contribution >= 4 is 11.7 Å². The van der Waals surface area contributed by atoms with E-state index in [1.165, 1.54) is 12.1 Å². The van der Waals surface area contributed by atoms with E-state index in [2.05, 4.69) is 0 Å². The lowest BCUT2D eigenvalue weighted by atomic mass is 10.1. The second kappa shape index (κ2) is 6.65. The summed E-state index contributed by atoms with van der Waals surface area (Å²) in [5, 5.41) is 0. The Labute approximate surface area is 121 Å². The number of rotatable bonds is 6. The van der Waals surface area contributed by atoms with Gasteiger partial charge in [-0.05, 0) is 17.7 Å². The number of halogens is 1. The Morgan fingerprint density at radius 3 is 2.43 bits per heavy atom. The summed E-state index contributed by atoms with van der Waals surface area (Å²) in [5.74, 6) is -1.90. The van der Waals surface area contributed by atoms with Crippen molar-refractivity contribution in [2.45, 2.75) is 6.42 Å². The molecule has 0 unspecified atom stereocenters. The van der Waals surface area contributed by atoms with Crippen molar-refractivity contribution in [3.05, 3.63) is 65.5 Å². The molecule has 0 atom stereocenters. The van der Waals surface area contributed by atoms with Crippen LogP contribution >= 0.6 is 0 Å². The van der Waals surface area contributed by atoms with Crippen molar-refractivity contribution < 1.29 is 18.7 Å². The first-order chi connectivity index (χ1) is 10.1. The van der Waals surface area contributed by atoms with Gasteiger partial charge in [-0.2, -0.15) is 0 Å². The van der Waals surface area contributed by atoms with Crippen LogP contribution in [0.2, 0.25) is 0 Å². The van der Waals surface area contributed by atoms with E-state index in [1.54, 1.807) is 0 Å². The smallest absolute Gasteiger partial charge is 0.255 e. The lowest BCUT2D eigenvalue weighted by Gasteiger charge is -2.09. The van der Waals surface area contributed by atoms with Gasteiger partial charge < -0.3 is 10.5 Å². The Balaban J connectivity index is 2.02. The second-order valence-electron chi connectivity index (χ2n) is 4.47. The van der Waals surface area contributed by atoms with Gasteiger partial charge in [0, 0.05) is 6.42 Å². The molecule has 0 aliphatic carbocycles. The molecule has 0 fully saturated rings. The number of primary amides is 1. The van der Waals surface area contributed by atoms with E-state index in [0.29, 0.717) is 0 Å². The van der Waals surface area contributed by atoms with Gasteiger partial charge in [-0.25, -0.2) is 4.39 Å². The van der Waals surface area contributed by atoms with Crippen molar-refractivity contribution in [1.82, 2.24) is 0 Å². The molecule has 21 heavy (non-hydrogen) atoms. The molecule has 2 aromatic carbocycles. The van der Waals surface area contributed by atoms with Crippen LogP contribution in [0.1, 0.15) is 15.9 Å². The van der Waals surface area contributed by atoms with Gasteiger partial charge in [0.25, 0.3) is 5.91 Å². The topological polar surface area (TPSA) is 69.4 Å². The number of carbonyl (C=O) groups is 2. The number of carbonyl (C=O) groups excluding carboxylic acids is 2. The zero-order valence-corrected chi connectivity index (χ0v) is 11.2. The number of Topliss-reactive ketones (excluding diaryl/α,β-unsaturated/α-hetero) is 1. The van der Waals surface area contributed by atoms with Crippen LogP contribution in [0.25, 0.3) is 0 Å². The molecule has 0 spiro atoms. The first kappa shape index (κ1) is 14.7. The van der Waals surface area contributed by atoms with Crippen molar-refractivity contribution in [2.24, 2.45) is 5.73 Å². The summed E-state index contributed by atoms with van der Waals surface area (Å²) in [7, 11) is 0. The molecule has 0 saturated carbocycles. The standard InChI is InChI=1S/C16H14FNO3/c17-13-7-4-8-14(15(13)16(18)20)21-10-12(19)9-11-5-2-1-3-6-11/h1-8H,9-10H2,(H2,18,20). The molecule has 108 valence electrons. The Hall–Kier alpha value is -2.69. The molecule has 0 aliphatic heterocycles. The molecule has 2 aromatic rings. The highest BCUT2D eigenvalue weighted by Gasteiger charge is 2.16. The van der Waals surface area contributed by atoms with Crippen LogP contribution in [-0.4, -0.2) is 18.3 Å². The van der Waals surface area contributed by atoms with E-state index in [4.69, 9.17) is 10.5 Å². The van der Waals surface area contributed by atoms with Crippen LogP contribution in [0.15, 0.2) is 48.5 Å². The summed E-state index contributed by atoms with van der Waals surface area (Å²) >= 11 is 0. The third-order valence-electron chi connectivity index (χ3n) is 2.85. The number of ether oxygens (including phenoxy) is 1. The minimum absolute atomic E-state index is 0.0242. The van der Waals surface area contributed by atoms with Gasteiger partial charge in [0.2, 0.25) is 0 Å². The molecule has 0 heterocycles. The van der Waals surface area contributed by atoms with Crippen LogP contribution in [0, 0.1) is 5.82 Å². The number of ketones is 1. The third-order valence-corrected chi connectivity index (χ3v) is 2.85. The van der Waals surface area contributed by atoms with Gasteiger partial charge in [0.1, 0.15) is 23.7 Å². The third kappa shape index (κ3) is 3.89. The van der Waals surface area contributed by atoms with Crippen LogP contribution in [0.3, 0.4) is 0 Å². The quantitative estimate of drug-likeness (QED) is 0.884. The van der Waals surface area contributed by atoms with E-state index in [1.807, 2.05) is 30.3 Å². The number of nitrogens with two attached hydrogens (primary N) is 1. The van der Waals surface area contributed by atoms with Gasteiger partial charge in [0.05, 0.1) is 0 Å². The maximum Gasteiger partial charge on any atom is 0.255 e. The molecular weight excluding hydrogens is 273 g/mol. The number of benzene rings is 2. The van der Waals surface area contributed by atoms with E-state index in [0.717, 1.165) is 11.6 Å². The minimum Gasteiger partial charge on any atom is -0.485 e. The summed E-state index contributed by atoms with van der Waals surface area (Å²) in [6.45, 7) is -0.251. The number of hydrogen-bond donors (Lipinski definition) is 1. The highest BCUT2D eigenvalue weighted by atomic mass is 19.1. The molecule has 0 bridgehead atoms. The molecule has 0 aromatic heterocycles. The Kier molecular flexibility index (Phi) is 4.66. The van der Waals surface area contributed by atoms with Crippen LogP contribution < -0.4 is 10.5 Å². The minimum atomic E-state index is -0.932. The Morgan fingerprint density at radius 1 is 1.05 bits per heavy atom. The first-order valence-electron chi connectivity index (χ1n) is 6.34. The average molecular weight is 287 g/mol. The van der Waals surface area contributed by atoms with Crippen LogP contribution in [0.4, 0.5) is 4.39 Å². The normalized spacial score (nSPS) is 10.1. The van der Waals surface area contributed by atoms with Gasteiger partial charge in [-0.1, -0.05) is 36.4 Å². The van der Waals surface area contributed by atoms with E-state index in [9.17, 15) is 14.0 Å². The van der Waals surface area contributed by atoms with Crippen molar-refractivity contribution in [3.63, 3.8) is 0 Å². The highest BCUT2D eigenvalue weighted by Crippen LogP contribution is 2.20. The summed E-state index contributed by atoms with van der Waals surface area (Å²) in [6, 6.07) is 13.1. The van der Waals surface area contributed by atoms with E-state index < -0.39 is 11.7 Å². The summed E-state index contributed by atoms with van der Waals surface area (Å²) in [4.78, 5) is 23.0. The van der Waals surface area contributed by atoms with Crippen molar-refractivity contribution in [1.29, 1.82) is 0 Å². The largest absolute Gasteiger partial charge is 0.485 e. The molecule has 1 amide bonds. The average Bonchev–Trinajstić information content (AvgIpc) is 2.45. The predicted molar refractivity (Wildman–Crippen MR) is 75.6 cm³/mol. The zero-order valence-electron chi connectivity index (χ0n) is 11.2. The molecule has 5 heteroatoms. The van der Waals surface area contributed by atoms with Gasteiger partial charge in [-0.15, -0.1) is 0 Å². The van der Waals surface area contributed by atoms with Crippen LogP contribution in [0.5, 0.6) is 5.75 Å².